The Labute approximate surface area is 218 Å². The standard InChI is InChI=1S/C29H37N5O3/c1-19-9-7-10-20(2)33(19)15-5-4-6-16-34-25-18-23(29(36)37-3)13-14-24(25)32-26(28(34)35)21-11-8-12-22(17-21)27(30)31/h8,11-14,17-20H,4-7,9-10,15-16H2,1-3H3,(H3,30,31)/t19-,20+. The lowest BCUT2D eigenvalue weighted by atomic mass is 9.97. The molecule has 196 valence electrons. The van der Waals surface area contributed by atoms with Crippen molar-refractivity contribution in [3.63, 3.8) is 0 Å². The number of fused-ring (bicyclic) bond motifs is 1. The first-order chi connectivity index (χ1) is 17.8. The Morgan fingerprint density at radius 2 is 1.78 bits per heavy atom. The van der Waals surface area contributed by atoms with Gasteiger partial charge in [0.2, 0.25) is 0 Å². The number of esters is 1. The number of nitrogens with two attached hydrogens (primary N) is 1. The molecule has 1 fully saturated rings. The van der Waals surface area contributed by atoms with Crippen molar-refractivity contribution >= 4 is 22.8 Å². The molecule has 2 aromatic carbocycles. The number of hydrogen-bond acceptors (Lipinski definition) is 6. The molecule has 0 amide bonds. The van der Waals surface area contributed by atoms with Gasteiger partial charge < -0.3 is 15.0 Å². The lowest BCUT2D eigenvalue weighted by Crippen LogP contribution is -2.44. The first-order valence-electron chi connectivity index (χ1n) is 13.1. The molecule has 3 N–H and O–H groups in total. The lowest BCUT2D eigenvalue weighted by Gasteiger charge is -2.39. The number of nitrogen functional groups attached to an aromatic ring is 1. The molecule has 0 radical (unpaired) electrons. The number of rotatable bonds is 9. The zero-order valence-corrected chi connectivity index (χ0v) is 22.0. The Balaban J connectivity index is 1.62. The SMILES string of the molecule is COC(=O)c1ccc2nc(-c3cccc(C(=N)N)c3)c(=O)n(CCCCCN3[C@H](C)CCC[C@@H]3C)c2c1. The molecule has 1 saturated heterocycles. The van der Waals surface area contributed by atoms with E-state index < -0.39 is 5.97 Å². The van der Waals surface area contributed by atoms with Crippen LogP contribution in [0.3, 0.4) is 0 Å². The summed E-state index contributed by atoms with van der Waals surface area (Å²) in [6, 6.07) is 13.4. The van der Waals surface area contributed by atoms with Gasteiger partial charge in [-0.05, 0) is 70.3 Å². The van der Waals surface area contributed by atoms with Gasteiger partial charge in [-0.1, -0.05) is 31.0 Å². The van der Waals surface area contributed by atoms with Crippen LogP contribution in [0.2, 0.25) is 0 Å². The van der Waals surface area contributed by atoms with Crippen molar-refractivity contribution in [3.05, 3.63) is 63.9 Å². The van der Waals surface area contributed by atoms with Gasteiger partial charge in [-0.2, -0.15) is 0 Å². The van der Waals surface area contributed by atoms with Gasteiger partial charge in [0.05, 0.1) is 23.7 Å². The predicted octanol–water partition coefficient (Wildman–Crippen LogP) is 4.57. The molecule has 0 saturated carbocycles. The smallest absolute Gasteiger partial charge is 0.337 e. The van der Waals surface area contributed by atoms with Crippen LogP contribution in [0.5, 0.6) is 0 Å². The number of likely N-dealkylation sites (tertiary alicyclic amines) is 1. The van der Waals surface area contributed by atoms with Gasteiger partial charge in [0.25, 0.3) is 5.56 Å². The summed E-state index contributed by atoms with van der Waals surface area (Å²) in [5.74, 6) is -0.521. The Kier molecular flexibility index (Phi) is 8.38. The van der Waals surface area contributed by atoms with Crippen LogP contribution in [0.4, 0.5) is 0 Å². The normalized spacial score (nSPS) is 18.1. The lowest BCUT2D eigenvalue weighted by molar-refractivity contribution is 0.0601. The molecule has 0 aliphatic carbocycles. The van der Waals surface area contributed by atoms with Crippen molar-refractivity contribution in [2.75, 3.05) is 13.7 Å². The van der Waals surface area contributed by atoms with Crippen molar-refractivity contribution in [1.29, 1.82) is 5.41 Å². The molecule has 2 atom stereocenters. The van der Waals surface area contributed by atoms with Crippen molar-refractivity contribution in [2.24, 2.45) is 5.73 Å². The largest absolute Gasteiger partial charge is 0.465 e. The van der Waals surface area contributed by atoms with E-state index in [2.05, 4.69) is 23.7 Å². The zero-order chi connectivity index (χ0) is 26.5. The van der Waals surface area contributed by atoms with Crippen LogP contribution in [-0.2, 0) is 11.3 Å². The van der Waals surface area contributed by atoms with Gasteiger partial charge in [0.1, 0.15) is 11.5 Å². The van der Waals surface area contributed by atoms with E-state index in [1.165, 1.54) is 26.4 Å². The fourth-order valence-electron chi connectivity index (χ4n) is 5.39. The minimum atomic E-state index is -0.455. The fourth-order valence-corrected chi connectivity index (χ4v) is 5.39. The number of aromatic nitrogens is 2. The summed E-state index contributed by atoms with van der Waals surface area (Å²) in [6.45, 7) is 6.23. The number of unbranched alkanes of at least 4 members (excludes halogenated alkanes) is 2. The molecular formula is C29H37N5O3. The van der Waals surface area contributed by atoms with Crippen LogP contribution in [0.15, 0.2) is 47.3 Å². The van der Waals surface area contributed by atoms with Crippen LogP contribution in [0.1, 0.15) is 68.3 Å². The monoisotopic (exact) mass is 503 g/mol. The maximum Gasteiger partial charge on any atom is 0.337 e. The highest BCUT2D eigenvalue weighted by Gasteiger charge is 2.23. The van der Waals surface area contributed by atoms with E-state index in [-0.39, 0.29) is 11.4 Å². The zero-order valence-electron chi connectivity index (χ0n) is 22.0. The Morgan fingerprint density at radius 3 is 2.49 bits per heavy atom. The Morgan fingerprint density at radius 1 is 1.05 bits per heavy atom. The molecule has 2 heterocycles. The summed E-state index contributed by atoms with van der Waals surface area (Å²) in [5.41, 5.74) is 8.50. The molecule has 3 aromatic rings. The average Bonchev–Trinajstić information content (AvgIpc) is 2.90. The number of ether oxygens (including phenoxy) is 1. The number of benzene rings is 2. The van der Waals surface area contributed by atoms with Gasteiger partial charge in [0.15, 0.2) is 0 Å². The van der Waals surface area contributed by atoms with Gasteiger partial charge >= 0.3 is 5.97 Å². The Bertz CT molecular complexity index is 1340. The molecule has 37 heavy (non-hydrogen) atoms. The maximum atomic E-state index is 13.7. The minimum Gasteiger partial charge on any atom is -0.465 e. The number of carbonyl (C=O) groups excluding carboxylic acids is 1. The molecule has 1 aromatic heterocycles. The molecule has 4 rings (SSSR count). The van der Waals surface area contributed by atoms with E-state index in [9.17, 15) is 9.59 Å². The number of nitrogens with one attached hydrogen (secondary N) is 1. The number of carbonyl (C=O) groups is 1. The van der Waals surface area contributed by atoms with E-state index in [0.717, 1.165) is 25.8 Å². The second kappa shape index (κ2) is 11.7. The third-order valence-corrected chi connectivity index (χ3v) is 7.49. The summed E-state index contributed by atoms with van der Waals surface area (Å²) in [6.07, 6.45) is 6.75. The first-order valence-corrected chi connectivity index (χ1v) is 13.1. The Hall–Kier alpha value is -3.52. The molecule has 0 bridgehead atoms. The number of methoxy groups -OCH3 is 1. The molecule has 1 aliphatic heterocycles. The highest BCUT2D eigenvalue weighted by molar-refractivity contribution is 5.96. The summed E-state index contributed by atoms with van der Waals surface area (Å²) in [4.78, 5) is 33.1. The number of hydrogen-bond donors (Lipinski definition) is 2. The highest BCUT2D eigenvalue weighted by atomic mass is 16.5. The van der Waals surface area contributed by atoms with Gasteiger partial charge in [-0.3, -0.25) is 15.1 Å². The van der Waals surface area contributed by atoms with Gasteiger partial charge in [-0.25, -0.2) is 9.78 Å². The molecule has 0 spiro atoms. The molecular weight excluding hydrogens is 466 g/mol. The van der Waals surface area contributed by atoms with Gasteiger partial charge in [0, 0.05) is 29.8 Å². The van der Waals surface area contributed by atoms with E-state index in [1.54, 1.807) is 47.0 Å². The van der Waals surface area contributed by atoms with E-state index >= 15 is 0 Å². The predicted molar refractivity (Wildman–Crippen MR) is 147 cm³/mol. The van der Waals surface area contributed by atoms with Crippen molar-refractivity contribution in [2.45, 2.75) is 71.0 Å². The van der Waals surface area contributed by atoms with Crippen LogP contribution in [-0.4, -0.2) is 52.0 Å². The third kappa shape index (κ3) is 5.91. The third-order valence-electron chi connectivity index (χ3n) is 7.49. The van der Waals surface area contributed by atoms with Crippen molar-refractivity contribution in [3.8, 4) is 11.3 Å². The number of piperidine rings is 1. The number of aryl methyl sites for hydroxylation is 1. The van der Waals surface area contributed by atoms with Crippen LogP contribution in [0, 0.1) is 5.41 Å². The summed E-state index contributed by atoms with van der Waals surface area (Å²) < 4.78 is 6.61. The van der Waals surface area contributed by atoms with Crippen molar-refractivity contribution in [1.82, 2.24) is 14.5 Å². The average molecular weight is 504 g/mol. The molecule has 1 aliphatic rings. The maximum absolute atomic E-state index is 13.7. The number of amidine groups is 1. The second-order valence-corrected chi connectivity index (χ2v) is 10.0. The van der Waals surface area contributed by atoms with E-state index in [0.29, 0.717) is 52.0 Å². The minimum absolute atomic E-state index is 0.0666. The van der Waals surface area contributed by atoms with Crippen molar-refractivity contribution < 1.29 is 9.53 Å². The summed E-state index contributed by atoms with van der Waals surface area (Å²) in [7, 11) is 1.34. The fraction of sp³-hybridized carbons (Fsp3) is 0.448. The molecule has 8 nitrogen and oxygen atoms in total. The highest BCUT2D eigenvalue weighted by Crippen LogP contribution is 2.24. The van der Waals surface area contributed by atoms with E-state index in [4.69, 9.17) is 15.9 Å². The van der Waals surface area contributed by atoms with Crippen LogP contribution in [0.25, 0.3) is 22.3 Å². The first kappa shape index (κ1) is 26.5. The van der Waals surface area contributed by atoms with Crippen LogP contribution >= 0.6 is 0 Å². The molecule has 0 unspecified atom stereocenters. The van der Waals surface area contributed by atoms with Gasteiger partial charge in [-0.15, -0.1) is 0 Å². The quantitative estimate of drug-likeness (QED) is 0.191. The summed E-state index contributed by atoms with van der Waals surface area (Å²) in [5, 5.41) is 7.76. The van der Waals surface area contributed by atoms with E-state index in [1.807, 2.05) is 0 Å². The van der Waals surface area contributed by atoms with Crippen LogP contribution < -0.4 is 11.3 Å². The summed E-state index contributed by atoms with van der Waals surface area (Å²) >= 11 is 0. The number of nitrogens with zero attached hydrogens (tertiary/aromatic N) is 3. The topological polar surface area (TPSA) is 114 Å². The molecule has 8 heteroatoms. The second-order valence-electron chi connectivity index (χ2n) is 10.0.